The maximum atomic E-state index is 12.8. The summed E-state index contributed by atoms with van der Waals surface area (Å²) in [6.07, 6.45) is -6.12. The molecule has 0 amide bonds. The molecule has 136 valence electrons. The Hall–Kier alpha value is -1.41. The maximum Gasteiger partial charge on any atom is 0.456 e. The average Bonchev–Trinajstić information content (AvgIpc) is 2.43. The Labute approximate surface area is 131 Å². The molecule has 0 rings (SSSR count). The molecule has 0 heterocycles. The highest BCUT2D eigenvalue weighted by Gasteiger charge is 2.59. The van der Waals surface area contributed by atoms with E-state index in [4.69, 9.17) is 4.74 Å². The number of halogens is 5. The van der Waals surface area contributed by atoms with Crippen LogP contribution < -0.4 is 0 Å². The zero-order chi connectivity index (χ0) is 18.5. The van der Waals surface area contributed by atoms with Gasteiger partial charge in [0, 0.05) is 0 Å². The number of alkyl halides is 5. The fourth-order valence-electron chi connectivity index (χ4n) is 1.67. The quantitative estimate of drug-likeness (QED) is 0.381. The van der Waals surface area contributed by atoms with Gasteiger partial charge in [0.1, 0.15) is 0 Å². The standard InChI is InChI=1S/C14H21F5O4/c1-5-12(6-2,10(20)22-7-9(3)4)11(21)23-8-13(15,16)14(17,18)19/h9H,5-8H2,1-4H3. The maximum absolute atomic E-state index is 12.8. The lowest BCUT2D eigenvalue weighted by molar-refractivity contribution is -0.295. The van der Waals surface area contributed by atoms with Crippen molar-refractivity contribution in [1.29, 1.82) is 0 Å². The fraction of sp³-hybridized carbons (Fsp3) is 0.857. The van der Waals surface area contributed by atoms with Crippen molar-refractivity contribution in [1.82, 2.24) is 0 Å². The van der Waals surface area contributed by atoms with E-state index in [-0.39, 0.29) is 25.4 Å². The molecule has 0 saturated heterocycles. The van der Waals surface area contributed by atoms with Crippen LogP contribution in [0.4, 0.5) is 22.0 Å². The summed E-state index contributed by atoms with van der Waals surface area (Å²) in [5.41, 5.74) is -1.89. The molecule has 0 spiro atoms. The molecule has 0 saturated carbocycles. The van der Waals surface area contributed by atoms with Crippen LogP contribution in [-0.2, 0) is 19.1 Å². The fourth-order valence-corrected chi connectivity index (χ4v) is 1.67. The summed E-state index contributed by atoms with van der Waals surface area (Å²) >= 11 is 0. The molecule has 23 heavy (non-hydrogen) atoms. The first-order valence-corrected chi connectivity index (χ1v) is 7.13. The van der Waals surface area contributed by atoms with Crippen LogP contribution >= 0.6 is 0 Å². The molecular weight excluding hydrogens is 327 g/mol. The van der Waals surface area contributed by atoms with Crippen LogP contribution in [0.15, 0.2) is 0 Å². The Kier molecular flexibility index (Phi) is 7.43. The van der Waals surface area contributed by atoms with Gasteiger partial charge in [-0.1, -0.05) is 27.7 Å². The van der Waals surface area contributed by atoms with Crippen molar-refractivity contribution in [2.45, 2.75) is 52.6 Å². The Morgan fingerprint density at radius 1 is 0.913 bits per heavy atom. The highest BCUT2D eigenvalue weighted by molar-refractivity contribution is 6.00. The summed E-state index contributed by atoms with van der Waals surface area (Å²) in [6, 6.07) is 0. The highest BCUT2D eigenvalue weighted by atomic mass is 19.4. The molecule has 0 bridgehead atoms. The lowest BCUT2D eigenvalue weighted by atomic mass is 9.82. The molecule has 0 aliphatic heterocycles. The summed E-state index contributed by atoms with van der Waals surface area (Å²) in [5, 5.41) is 0. The molecule has 9 heteroatoms. The smallest absolute Gasteiger partial charge is 0.456 e. The third-order valence-corrected chi connectivity index (χ3v) is 3.34. The zero-order valence-corrected chi connectivity index (χ0v) is 13.4. The minimum atomic E-state index is -5.84. The minimum absolute atomic E-state index is 0.00737. The van der Waals surface area contributed by atoms with Gasteiger partial charge in [-0.2, -0.15) is 22.0 Å². The molecule has 4 nitrogen and oxygen atoms in total. The third kappa shape index (κ3) is 5.31. The van der Waals surface area contributed by atoms with Crippen molar-refractivity contribution >= 4 is 11.9 Å². The lowest BCUT2D eigenvalue weighted by Crippen LogP contribution is -2.46. The first-order valence-electron chi connectivity index (χ1n) is 7.13. The second kappa shape index (κ2) is 7.92. The second-order valence-electron chi connectivity index (χ2n) is 5.56. The number of hydrogen-bond acceptors (Lipinski definition) is 4. The molecule has 0 unspecified atom stereocenters. The first kappa shape index (κ1) is 21.6. The summed E-state index contributed by atoms with van der Waals surface area (Å²) in [4.78, 5) is 24.0. The van der Waals surface area contributed by atoms with Crippen molar-refractivity contribution < 1.29 is 41.0 Å². The summed E-state index contributed by atoms with van der Waals surface area (Å²) < 4.78 is 70.9. The third-order valence-electron chi connectivity index (χ3n) is 3.34. The van der Waals surface area contributed by atoms with E-state index in [0.717, 1.165) is 0 Å². The van der Waals surface area contributed by atoms with E-state index in [1.807, 2.05) is 0 Å². The zero-order valence-electron chi connectivity index (χ0n) is 13.4. The van der Waals surface area contributed by atoms with Crippen molar-refractivity contribution in [3.8, 4) is 0 Å². The van der Waals surface area contributed by atoms with Crippen molar-refractivity contribution in [2.75, 3.05) is 13.2 Å². The van der Waals surface area contributed by atoms with Gasteiger partial charge in [-0.25, -0.2) is 0 Å². The lowest BCUT2D eigenvalue weighted by Gasteiger charge is -2.28. The predicted octanol–water partition coefficient (Wildman–Crippen LogP) is 3.73. The van der Waals surface area contributed by atoms with E-state index < -0.39 is 36.1 Å². The van der Waals surface area contributed by atoms with Gasteiger partial charge >= 0.3 is 24.0 Å². The molecule has 0 aliphatic carbocycles. The van der Waals surface area contributed by atoms with Crippen molar-refractivity contribution in [3.63, 3.8) is 0 Å². The van der Waals surface area contributed by atoms with Gasteiger partial charge in [0.2, 0.25) is 0 Å². The molecule has 0 atom stereocenters. The van der Waals surface area contributed by atoms with Gasteiger partial charge in [0.25, 0.3) is 0 Å². The molecular formula is C14H21F5O4. The van der Waals surface area contributed by atoms with Crippen molar-refractivity contribution in [3.05, 3.63) is 0 Å². The van der Waals surface area contributed by atoms with Gasteiger partial charge in [-0.05, 0) is 18.8 Å². The molecule has 0 N–H and O–H groups in total. The number of hydrogen-bond donors (Lipinski definition) is 0. The van der Waals surface area contributed by atoms with E-state index in [0.29, 0.717) is 0 Å². The molecule has 0 aliphatic rings. The van der Waals surface area contributed by atoms with E-state index in [9.17, 15) is 31.5 Å². The van der Waals surface area contributed by atoms with Gasteiger partial charge in [0.05, 0.1) is 6.61 Å². The van der Waals surface area contributed by atoms with Gasteiger partial charge < -0.3 is 9.47 Å². The molecule has 0 aromatic carbocycles. The normalized spacial score (nSPS) is 13.1. The van der Waals surface area contributed by atoms with E-state index in [1.54, 1.807) is 13.8 Å². The number of rotatable bonds is 8. The van der Waals surface area contributed by atoms with Crippen LogP contribution in [0, 0.1) is 11.3 Å². The molecule has 0 radical (unpaired) electrons. The largest absolute Gasteiger partial charge is 0.465 e. The van der Waals surface area contributed by atoms with E-state index in [1.165, 1.54) is 13.8 Å². The van der Waals surface area contributed by atoms with Crippen LogP contribution in [0.3, 0.4) is 0 Å². The monoisotopic (exact) mass is 348 g/mol. The number of carbonyl (C=O) groups excluding carboxylic acids is 2. The Bertz CT molecular complexity index is 414. The molecule has 0 aromatic rings. The average molecular weight is 348 g/mol. The summed E-state index contributed by atoms with van der Waals surface area (Å²) in [5.74, 6) is -7.65. The Morgan fingerprint density at radius 3 is 1.70 bits per heavy atom. The van der Waals surface area contributed by atoms with E-state index in [2.05, 4.69) is 4.74 Å². The van der Waals surface area contributed by atoms with Crippen LogP contribution in [0.5, 0.6) is 0 Å². The highest BCUT2D eigenvalue weighted by Crippen LogP contribution is 2.37. The van der Waals surface area contributed by atoms with Crippen LogP contribution in [-0.4, -0.2) is 37.3 Å². The first-order chi connectivity index (χ1) is 10.3. The predicted molar refractivity (Wildman–Crippen MR) is 70.8 cm³/mol. The number of ether oxygens (including phenoxy) is 2. The topological polar surface area (TPSA) is 52.6 Å². The van der Waals surface area contributed by atoms with Crippen molar-refractivity contribution in [2.24, 2.45) is 11.3 Å². The van der Waals surface area contributed by atoms with Crippen LogP contribution in [0.1, 0.15) is 40.5 Å². The number of carbonyl (C=O) groups is 2. The van der Waals surface area contributed by atoms with Crippen LogP contribution in [0.25, 0.3) is 0 Å². The Balaban J connectivity index is 5.09. The number of esters is 2. The minimum Gasteiger partial charge on any atom is -0.465 e. The molecule has 0 fully saturated rings. The van der Waals surface area contributed by atoms with Crippen LogP contribution in [0.2, 0.25) is 0 Å². The molecule has 0 aromatic heterocycles. The summed E-state index contributed by atoms with van der Waals surface area (Å²) in [6.45, 7) is 4.15. The van der Waals surface area contributed by atoms with Gasteiger partial charge in [-0.3, -0.25) is 9.59 Å². The summed E-state index contributed by atoms with van der Waals surface area (Å²) in [7, 11) is 0. The second-order valence-corrected chi connectivity index (χ2v) is 5.56. The SMILES string of the molecule is CCC(CC)(C(=O)OCC(C)C)C(=O)OCC(F)(F)C(F)(F)F. The Morgan fingerprint density at radius 2 is 1.35 bits per heavy atom. The van der Waals surface area contributed by atoms with E-state index >= 15 is 0 Å². The van der Waals surface area contributed by atoms with Gasteiger partial charge in [0.15, 0.2) is 12.0 Å². The van der Waals surface area contributed by atoms with Gasteiger partial charge in [-0.15, -0.1) is 0 Å².